The van der Waals surface area contributed by atoms with Crippen LogP contribution >= 0.6 is 0 Å². The normalized spacial score (nSPS) is 18.3. The van der Waals surface area contributed by atoms with Crippen molar-refractivity contribution >= 4 is 5.91 Å². The Kier molecular flexibility index (Phi) is 4.78. The van der Waals surface area contributed by atoms with Crippen molar-refractivity contribution in [1.29, 1.82) is 0 Å². The van der Waals surface area contributed by atoms with Crippen LogP contribution in [0.1, 0.15) is 52.4 Å². The van der Waals surface area contributed by atoms with Crippen LogP contribution in [0.5, 0.6) is 0 Å². The molecular weight excluding hydrogens is 200 g/mol. The van der Waals surface area contributed by atoms with Gasteiger partial charge in [-0.25, -0.2) is 0 Å². The lowest BCUT2D eigenvalue weighted by Crippen LogP contribution is -2.44. The quantitative estimate of drug-likeness (QED) is 0.754. The Morgan fingerprint density at radius 3 is 2.25 bits per heavy atom. The zero-order valence-corrected chi connectivity index (χ0v) is 11.0. The summed E-state index contributed by atoms with van der Waals surface area (Å²) in [6, 6.07) is 0.391. The van der Waals surface area contributed by atoms with E-state index in [1.807, 2.05) is 11.9 Å². The molecule has 0 aromatic heterocycles. The highest BCUT2D eigenvalue weighted by atomic mass is 16.2. The van der Waals surface area contributed by atoms with Crippen LogP contribution < -0.4 is 5.73 Å². The second-order valence-electron chi connectivity index (χ2n) is 5.21. The smallest absolute Gasteiger partial charge is 0.223 e. The predicted octanol–water partition coefficient (Wildman–Crippen LogP) is 2.15. The fourth-order valence-corrected chi connectivity index (χ4v) is 2.62. The van der Waals surface area contributed by atoms with E-state index in [0.717, 1.165) is 25.7 Å². The molecule has 1 fully saturated rings. The van der Waals surface area contributed by atoms with Gasteiger partial charge in [0.25, 0.3) is 0 Å². The maximum atomic E-state index is 12.1. The molecule has 0 heterocycles. The molecule has 1 saturated carbocycles. The fourth-order valence-electron chi connectivity index (χ4n) is 2.62. The van der Waals surface area contributed by atoms with Gasteiger partial charge in [0.15, 0.2) is 0 Å². The average Bonchev–Trinajstić information content (AvgIpc) is 2.24. The van der Waals surface area contributed by atoms with Gasteiger partial charge in [0.05, 0.1) is 0 Å². The monoisotopic (exact) mass is 226 g/mol. The molecule has 0 radical (unpaired) electrons. The maximum absolute atomic E-state index is 12.1. The molecule has 0 aliphatic heterocycles. The van der Waals surface area contributed by atoms with Crippen molar-refractivity contribution in [1.82, 2.24) is 4.90 Å². The fraction of sp³-hybridized carbons (Fsp3) is 0.923. The van der Waals surface area contributed by atoms with Crippen LogP contribution in [0.3, 0.4) is 0 Å². The standard InChI is InChI=1S/C13H26N2O/c1-4-11(5-2)15(3)12(16)9-13(10-14)7-6-8-13/h11H,4-10,14H2,1-3H3. The van der Waals surface area contributed by atoms with E-state index in [1.165, 1.54) is 6.42 Å². The Balaban J connectivity index is 2.50. The van der Waals surface area contributed by atoms with Crippen molar-refractivity contribution in [2.24, 2.45) is 11.1 Å². The van der Waals surface area contributed by atoms with Gasteiger partial charge in [-0.1, -0.05) is 20.3 Å². The summed E-state index contributed by atoms with van der Waals surface area (Å²) in [5.41, 5.74) is 5.92. The summed E-state index contributed by atoms with van der Waals surface area (Å²) in [5.74, 6) is 0.277. The molecule has 1 aliphatic rings. The third-order valence-electron chi connectivity index (χ3n) is 4.26. The van der Waals surface area contributed by atoms with Gasteiger partial charge in [-0.2, -0.15) is 0 Å². The summed E-state index contributed by atoms with van der Waals surface area (Å²) >= 11 is 0. The van der Waals surface area contributed by atoms with Crippen LogP contribution in [0.25, 0.3) is 0 Å². The second kappa shape index (κ2) is 5.67. The summed E-state index contributed by atoms with van der Waals surface area (Å²) in [6.45, 7) is 4.94. The van der Waals surface area contributed by atoms with E-state index in [0.29, 0.717) is 19.0 Å². The highest BCUT2D eigenvalue weighted by Gasteiger charge is 2.38. The minimum atomic E-state index is 0.136. The molecule has 0 bridgehead atoms. The Labute approximate surface area is 99.4 Å². The van der Waals surface area contributed by atoms with Crippen molar-refractivity contribution in [3.05, 3.63) is 0 Å². The van der Waals surface area contributed by atoms with Gasteiger partial charge in [-0.15, -0.1) is 0 Å². The Morgan fingerprint density at radius 2 is 1.94 bits per heavy atom. The van der Waals surface area contributed by atoms with Gasteiger partial charge in [0.1, 0.15) is 0 Å². The zero-order chi connectivity index (χ0) is 12.2. The lowest BCUT2D eigenvalue weighted by molar-refractivity contribution is -0.136. The topological polar surface area (TPSA) is 46.3 Å². The van der Waals surface area contributed by atoms with Crippen molar-refractivity contribution in [3.8, 4) is 0 Å². The SMILES string of the molecule is CCC(CC)N(C)C(=O)CC1(CN)CCC1. The first-order valence-corrected chi connectivity index (χ1v) is 6.54. The molecule has 1 rings (SSSR count). The average molecular weight is 226 g/mol. The highest BCUT2D eigenvalue weighted by molar-refractivity contribution is 5.77. The van der Waals surface area contributed by atoms with E-state index in [1.54, 1.807) is 0 Å². The lowest BCUT2D eigenvalue weighted by atomic mass is 9.66. The lowest BCUT2D eigenvalue weighted by Gasteiger charge is -2.42. The van der Waals surface area contributed by atoms with Gasteiger partial charge in [-0.3, -0.25) is 4.79 Å². The third kappa shape index (κ3) is 2.76. The summed E-state index contributed by atoms with van der Waals surface area (Å²) in [7, 11) is 1.93. The van der Waals surface area contributed by atoms with E-state index >= 15 is 0 Å². The summed E-state index contributed by atoms with van der Waals surface area (Å²) < 4.78 is 0. The molecule has 3 heteroatoms. The molecule has 0 aromatic rings. The van der Waals surface area contributed by atoms with Gasteiger partial charge >= 0.3 is 0 Å². The number of carbonyl (C=O) groups excluding carboxylic acids is 1. The number of hydrogen-bond acceptors (Lipinski definition) is 2. The molecule has 94 valence electrons. The van der Waals surface area contributed by atoms with E-state index in [2.05, 4.69) is 13.8 Å². The van der Waals surface area contributed by atoms with Gasteiger partial charge in [0, 0.05) is 19.5 Å². The minimum absolute atomic E-state index is 0.136. The number of hydrogen-bond donors (Lipinski definition) is 1. The second-order valence-corrected chi connectivity index (χ2v) is 5.21. The third-order valence-corrected chi connectivity index (χ3v) is 4.26. The molecule has 16 heavy (non-hydrogen) atoms. The van der Waals surface area contributed by atoms with E-state index in [-0.39, 0.29) is 11.3 Å². The van der Waals surface area contributed by atoms with Gasteiger partial charge < -0.3 is 10.6 Å². The van der Waals surface area contributed by atoms with Gasteiger partial charge in [0.2, 0.25) is 5.91 Å². The Bertz CT molecular complexity index is 227. The van der Waals surface area contributed by atoms with Crippen LogP contribution in [0.4, 0.5) is 0 Å². The van der Waals surface area contributed by atoms with Crippen LogP contribution in [0.2, 0.25) is 0 Å². The van der Waals surface area contributed by atoms with Crippen molar-refractivity contribution < 1.29 is 4.79 Å². The van der Waals surface area contributed by atoms with Crippen LogP contribution in [0, 0.1) is 5.41 Å². The van der Waals surface area contributed by atoms with Crippen LogP contribution in [0.15, 0.2) is 0 Å². The van der Waals surface area contributed by atoms with E-state index in [9.17, 15) is 4.79 Å². The Morgan fingerprint density at radius 1 is 1.38 bits per heavy atom. The largest absolute Gasteiger partial charge is 0.343 e. The van der Waals surface area contributed by atoms with Gasteiger partial charge in [-0.05, 0) is 37.6 Å². The number of nitrogens with zero attached hydrogens (tertiary/aromatic N) is 1. The highest BCUT2D eigenvalue weighted by Crippen LogP contribution is 2.43. The van der Waals surface area contributed by atoms with Crippen molar-refractivity contribution in [3.63, 3.8) is 0 Å². The summed E-state index contributed by atoms with van der Waals surface area (Å²) in [5, 5.41) is 0. The van der Waals surface area contributed by atoms with E-state index < -0.39 is 0 Å². The molecule has 1 amide bonds. The predicted molar refractivity (Wildman–Crippen MR) is 67.1 cm³/mol. The number of nitrogens with two attached hydrogens (primary N) is 1. The molecular formula is C13H26N2O. The summed E-state index contributed by atoms with van der Waals surface area (Å²) in [6.07, 6.45) is 6.22. The molecule has 3 nitrogen and oxygen atoms in total. The number of carbonyl (C=O) groups is 1. The number of rotatable bonds is 6. The molecule has 2 N–H and O–H groups in total. The summed E-state index contributed by atoms with van der Waals surface area (Å²) in [4.78, 5) is 14.1. The molecule has 0 saturated heterocycles. The van der Waals surface area contributed by atoms with Crippen LogP contribution in [-0.4, -0.2) is 30.4 Å². The molecule has 0 unspecified atom stereocenters. The van der Waals surface area contributed by atoms with Crippen molar-refractivity contribution in [2.75, 3.05) is 13.6 Å². The first kappa shape index (κ1) is 13.5. The molecule has 1 aliphatic carbocycles. The van der Waals surface area contributed by atoms with E-state index in [4.69, 9.17) is 5.73 Å². The van der Waals surface area contributed by atoms with Crippen LogP contribution in [-0.2, 0) is 4.79 Å². The Hall–Kier alpha value is -0.570. The van der Waals surface area contributed by atoms with Crippen molar-refractivity contribution in [2.45, 2.75) is 58.4 Å². The molecule has 0 aromatic carbocycles. The molecule has 0 atom stereocenters. The molecule has 0 spiro atoms. The first-order valence-electron chi connectivity index (χ1n) is 6.54. The maximum Gasteiger partial charge on any atom is 0.223 e. The zero-order valence-electron chi connectivity index (χ0n) is 11.0. The minimum Gasteiger partial charge on any atom is -0.343 e. The first-order chi connectivity index (χ1) is 7.58. The number of amides is 1.